The number of hydrogen-bond acceptors (Lipinski definition) is 5. The molecule has 0 fully saturated rings. The fourth-order valence-electron chi connectivity index (χ4n) is 2.56. The molecule has 0 bridgehead atoms. The van der Waals surface area contributed by atoms with E-state index in [2.05, 4.69) is 10.5 Å². The minimum Gasteiger partial charge on any atom is -0.462 e. The highest BCUT2D eigenvalue weighted by Crippen LogP contribution is 2.21. The highest BCUT2D eigenvalue weighted by molar-refractivity contribution is 6.02. The van der Waals surface area contributed by atoms with Crippen LogP contribution in [0, 0.1) is 6.92 Å². The van der Waals surface area contributed by atoms with Crippen LogP contribution in [0.25, 0.3) is 11.0 Å². The molecule has 6 heteroatoms. The smallest absolute Gasteiger partial charge is 0.340 e. The number of aromatic nitrogens is 1. The summed E-state index contributed by atoms with van der Waals surface area (Å²) in [5.74, 6) is -0.755. The van der Waals surface area contributed by atoms with Crippen molar-refractivity contribution in [3.05, 3.63) is 59.3 Å². The number of rotatable bonds is 5. The van der Waals surface area contributed by atoms with E-state index < -0.39 is 5.97 Å². The summed E-state index contributed by atoms with van der Waals surface area (Å²) in [6.07, 6.45) is 0.0492. The summed E-state index contributed by atoms with van der Waals surface area (Å²) >= 11 is 0. The van der Waals surface area contributed by atoms with Crippen LogP contribution in [-0.4, -0.2) is 23.6 Å². The first-order valence-electron chi connectivity index (χ1n) is 7.99. The number of nitrogens with zero attached hydrogens (tertiary/aromatic N) is 1. The van der Waals surface area contributed by atoms with Crippen molar-refractivity contribution < 1.29 is 18.8 Å². The summed E-state index contributed by atoms with van der Waals surface area (Å²) in [5, 5.41) is 7.54. The van der Waals surface area contributed by atoms with Crippen molar-refractivity contribution in [1.82, 2.24) is 5.16 Å². The Hall–Kier alpha value is -3.15. The highest BCUT2D eigenvalue weighted by Gasteiger charge is 2.16. The van der Waals surface area contributed by atoms with Gasteiger partial charge in [-0.3, -0.25) is 4.79 Å². The first-order chi connectivity index (χ1) is 12.1. The molecule has 1 aromatic heterocycles. The van der Waals surface area contributed by atoms with Crippen LogP contribution in [-0.2, 0) is 16.0 Å². The number of para-hydroxylation sites is 1. The average molecular weight is 338 g/mol. The van der Waals surface area contributed by atoms with Crippen molar-refractivity contribution in [3.8, 4) is 0 Å². The molecule has 0 aliphatic rings. The van der Waals surface area contributed by atoms with Gasteiger partial charge in [0, 0.05) is 5.39 Å². The van der Waals surface area contributed by atoms with E-state index in [0.717, 1.165) is 10.9 Å². The van der Waals surface area contributed by atoms with Gasteiger partial charge in [-0.25, -0.2) is 4.79 Å². The van der Waals surface area contributed by atoms with Crippen molar-refractivity contribution in [2.75, 3.05) is 11.9 Å². The monoisotopic (exact) mass is 338 g/mol. The van der Waals surface area contributed by atoms with Gasteiger partial charge in [-0.05, 0) is 38.1 Å². The number of amides is 1. The molecule has 0 spiro atoms. The maximum atomic E-state index is 12.4. The summed E-state index contributed by atoms with van der Waals surface area (Å²) in [5.41, 5.74) is 2.99. The van der Waals surface area contributed by atoms with Gasteiger partial charge >= 0.3 is 5.97 Å². The molecule has 3 aromatic rings. The normalized spacial score (nSPS) is 10.6. The highest BCUT2D eigenvalue weighted by atomic mass is 16.5. The first kappa shape index (κ1) is 16.7. The van der Waals surface area contributed by atoms with Gasteiger partial charge in [0.2, 0.25) is 5.91 Å². The van der Waals surface area contributed by atoms with E-state index in [0.29, 0.717) is 22.5 Å². The molecule has 2 aromatic carbocycles. The number of ether oxygens (including phenoxy) is 1. The van der Waals surface area contributed by atoms with Crippen LogP contribution >= 0.6 is 0 Å². The average Bonchev–Trinajstić information content (AvgIpc) is 2.97. The fraction of sp³-hybridized carbons (Fsp3) is 0.211. The molecule has 0 saturated carbocycles. The maximum Gasteiger partial charge on any atom is 0.340 e. The Balaban J connectivity index is 1.79. The molecule has 1 heterocycles. The van der Waals surface area contributed by atoms with Crippen LogP contribution < -0.4 is 5.32 Å². The molecule has 6 nitrogen and oxygen atoms in total. The number of carbonyl (C=O) groups is 2. The maximum absolute atomic E-state index is 12.4. The van der Waals surface area contributed by atoms with Gasteiger partial charge in [-0.2, -0.15) is 0 Å². The third kappa shape index (κ3) is 3.68. The number of anilines is 1. The Morgan fingerprint density at radius 1 is 1.20 bits per heavy atom. The number of nitrogens with one attached hydrogen (secondary N) is 1. The Labute approximate surface area is 144 Å². The SMILES string of the molecule is CCOC(=O)c1ccccc1NC(=O)Cc1noc2ccc(C)cc12. The van der Waals surface area contributed by atoms with Crippen LogP contribution in [0.1, 0.15) is 28.5 Å². The van der Waals surface area contributed by atoms with Gasteiger partial charge in [0.15, 0.2) is 5.58 Å². The van der Waals surface area contributed by atoms with E-state index in [-0.39, 0.29) is 18.9 Å². The molecule has 3 rings (SSSR count). The van der Waals surface area contributed by atoms with Crippen molar-refractivity contribution >= 4 is 28.5 Å². The van der Waals surface area contributed by atoms with Gasteiger partial charge in [-0.1, -0.05) is 28.9 Å². The van der Waals surface area contributed by atoms with Crippen molar-refractivity contribution in [2.45, 2.75) is 20.3 Å². The van der Waals surface area contributed by atoms with E-state index in [1.54, 1.807) is 31.2 Å². The number of carbonyl (C=O) groups excluding carboxylic acids is 2. The first-order valence-corrected chi connectivity index (χ1v) is 7.99. The predicted octanol–water partition coefficient (Wildman–Crippen LogP) is 3.49. The van der Waals surface area contributed by atoms with Gasteiger partial charge in [0.05, 0.1) is 24.3 Å². The second-order valence-corrected chi connectivity index (χ2v) is 5.62. The van der Waals surface area contributed by atoms with Crippen molar-refractivity contribution in [3.63, 3.8) is 0 Å². The quantitative estimate of drug-likeness (QED) is 0.720. The lowest BCUT2D eigenvalue weighted by Crippen LogP contribution is -2.17. The molecule has 0 unspecified atom stereocenters. The molecule has 128 valence electrons. The van der Waals surface area contributed by atoms with Crippen molar-refractivity contribution in [2.24, 2.45) is 0 Å². The van der Waals surface area contributed by atoms with Gasteiger partial charge < -0.3 is 14.6 Å². The molecule has 0 aliphatic heterocycles. The molecule has 0 atom stereocenters. The number of fused-ring (bicyclic) bond motifs is 1. The summed E-state index contributed by atoms with van der Waals surface area (Å²) in [6.45, 7) is 3.97. The van der Waals surface area contributed by atoms with Crippen LogP contribution in [0.2, 0.25) is 0 Å². The van der Waals surface area contributed by atoms with Crippen LogP contribution in [0.3, 0.4) is 0 Å². The zero-order valence-electron chi connectivity index (χ0n) is 14.0. The lowest BCUT2D eigenvalue weighted by molar-refractivity contribution is -0.115. The largest absolute Gasteiger partial charge is 0.462 e. The number of aryl methyl sites for hydroxylation is 1. The second kappa shape index (κ2) is 7.17. The number of esters is 1. The Kier molecular flexibility index (Phi) is 4.79. The summed E-state index contributed by atoms with van der Waals surface area (Å²) < 4.78 is 10.3. The lowest BCUT2D eigenvalue weighted by atomic mass is 10.1. The minimum absolute atomic E-state index is 0.0492. The zero-order valence-corrected chi connectivity index (χ0v) is 14.0. The van der Waals surface area contributed by atoms with E-state index in [1.165, 1.54) is 0 Å². The molecule has 0 saturated heterocycles. The predicted molar refractivity (Wildman–Crippen MR) is 93.5 cm³/mol. The second-order valence-electron chi connectivity index (χ2n) is 5.62. The summed E-state index contributed by atoms with van der Waals surface area (Å²) in [7, 11) is 0. The standard InChI is InChI=1S/C19H18N2O4/c1-3-24-19(23)13-6-4-5-7-15(13)20-18(22)11-16-14-10-12(2)8-9-17(14)25-21-16/h4-10H,3,11H2,1-2H3,(H,20,22). The molecule has 1 N–H and O–H groups in total. The van der Waals surface area contributed by atoms with E-state index in [4.69, 9.17) is 9.26 Å². The zero-order chi connectivity index (χ0) is 17.8. The molecule has 0 radical (unpaired) electrons. The number of hydrogen-bond donors (Lipinski definition) is 1. The van der Waals surface area contributed by atoms with Crippen LogP contribution in [0.5, 0.6) is 0 Å². The Morgan fingerprint density at radius 3 is 2.80 bits per heavy atom. The van der Waals surface area contributed by atoms with Crippen LogP contribution in [0.4, 0.5) is 5.69 Å². The van der Waals surface area contributed by atoms with E-state index in [9.17, 15) is 9.59 Å². The van der Waals surface area contributed by atoms with Gasteiger partial charge in [0.1, 0.15) is 5.69 Å². The summed E-state index contributed by atoms with van der Waals surface area (Å²) in [4.78, 5) is 24.4. The molecular formula is C19H18N2O4. The third-order valence-corrected chi connectivity index (χ3v) is 3.72. The third-order valence-electron chi connectivity index (χ3n) is 3.72. The number of benzene rings is 2. The molecular weight excluding hydrogens is 320 g/mol. The Morgan fingerprint density at radius 2 is 2.00 bits per heavy atom. The van der Waals surface area contributed by atoms with Gasteiger partial charge in [-0.15, -0.1) is 0 Å². The van der Waals surface area contributed by atoms with Crippen molar-refractivity contribution in [1.29, 1.82) is 0 Å². The Bertz CT molecular complexity index is 930. The summed E-state index contributed by atoms with van der Waals surface area (Å²) in [6, 6.07) is 12.4. The minimum atomic E-state index is -0.471. The van der Waals surface area contributed by atoms with E-state index >= 15 is 0 Å². The molecule has 25 heavy (non-hydrogen) atoms. The van der Waals surface area contributed by atoms with Gasteiger partial charge in [0.25, 0.3) is 0 Å². The van der Waals surface area contributed by atoms with Crippen LogP contribution in [0.15, 0.2) is 47.0 Å². The molecule has 1 amide bonds. The lowest BCUT2D eigenvalue weighted by Gasteiger charge is -2.09. The topological polar surface area (TPSA) is 81.4 Å². The fourth-order valence-corrected chi connectivity index (χ4v) is 2.56. The molecule has 0 aliphatic carbocycles. The van der Waals surface area contributed by atoms with E-state index in [1.807, 2.05) is 25.1 Å².